The molecule has 10 heavy (non-hydrogen) atoms. The molecule has 0 saturated heterocycles. The van der Waals surface area contributed by atoms with E-state index in [1.807, 2.05) is 30.3 Å². The maximum absolute atomic E-state index is 10.3. The van der Waals surface area contributed by atoms with Gasteiger partial charge in [-0.2, -0.15) is 0 Å². The average molecular weight is 172 g/mol. The topological polar surface area (TPSA) is 37.3 Å². The van der Waals surface area contributed by atoms with Crippen LogP contribution < -0.4 is 5.19 Å². The molecule has 0 amide bonds. The van der Waals surface area contributed by atoms with E-state index in [0.717, 1.165) is 5.19 Å². The van der Waals surface area contributed by atoms with Crippen molar-refractivity contribution in [2.24, 2.45) is 0 Å². The Bertz CT molecular complexity index is 224. The van der Waals surface area contributed by atoms with E-state index in [4.69, 9.17) is 4.55 Å². The first-order valence-electron chi connectivity index (χ1n) is 2.90. The molecular weight excluding hydrogens is 164 g/mol. The fourth-order valence-electron chi connectivity index (χ4n) is 0.717. The molecule has 2 nitrogen and oxygen atoms in total. The minimum atomic E-state index is -1.58. The molecule has 4 heteroatoms. The zero-order chi connectivity index (χ0) is 7.40. The Morgan fingerprint density at radius 2 is 1.90 bits per heavy atom. The average Bonchev–Trinajstić information content (AvgIpc) is 1.88. The van der Waals surface area contributed by atoms with Crippen molar-refractivity contribution in [3.63, 3.8) is 0 Å². The number of hydrogen-bond donors (Lipinski definition) is 1. The van der Waals surface area contributed by atoms with E-state index in [-0.39, 0.29) is 0 Å². The van der Waals surface area contributed by atoms with Crippen LogP contribution in [0.25, 0.3) is 0 Å². The van der Waals surface area contributed by atoms with Gasteiger partial charge in [0.1, 0.15) is 10.5 Å². The lowest BCUT2D eigenvalue weighted by Crippen LogP contribution is -2.17. The zero-order valence-corrected chi connectivity index (χ0v) is 7.59. The van der Waals surface area contributed by atoms with E-state index in [2.05, 4.69) is 0 Å². The third-order valence-corrected chi connectivity index (χ3v) is 3.93. The standard InChI is InChI=1S/C6H8O2SSi/c7-9(8)10-6-4-2-1-3-5-6/h1-5H,10H2,(H,7,8). The summed E-state index contributed by atoms with van der Waals surface area (Å²) in [6.07, 6.45) is 0. The van der Waals surface area contributed by atoms with Crippen molar-refractivity contribution in [2.45, 2.75) is 0 Å². The molecule has 0 spiro atoms. The van der Waals surface area contributed by atoms with E-state index < -0.39 is 19.2 Å². The number of hydrogen-bond acceptors (Lipinski definition) is 1. The molecule has 0 aliphatic carbocycles. The summed E-state index contributed by atoms with van der Waals surface area (Å²) in [5.41, 5.74) is 0. The highest BCUT2D eigenvalue weighted by Crippen LogP contribution is 1.81. The molecule has 0 heterocycles. The normalized spacial score (nSPS) is 14.1. The summed E-state index contributed by atoms with van der Waals surface area (Å²) in [6, 6.07) is 9.45. The predicted octanol–water partition coefficient (Wildman–Crippen LogP) is -0.383. The first kappa shape index (κ1) is 7.65. The third-order valence-electron chi connectivity index (χ3n) is 1.13. The molecule has 1 atom stereocenters. The summed E-state index contributed by atoms with van der Waals surface area (Å²) in [7, 11) is -2.53. The largest absolute Gasteiger partial charge is 0.312 e. The Hall–Kier alpha value is -0.453. The van der Waals surface area contributed by atoms with Crippen molar-refractivity contribution in [3.8, 4) is 0 Å². The van der Waals surface area contributed by atoms with Crippen LogP contribution in [0.4, 0.5) is 0 Å². The van der Waals surface area contributed by atoms with Crippen molar-refractivity contribution >= 4 is 24.4 Å². The highest BCUT2D eigenvalue weighted by atomic mass is 32.4. The summed E-state index contributed by atoms with van der Waals surface area (Å²) < 4.78 is 18.9. The van der Waals surface area contributed by atoms with Crippen LogP contribution in [0.2, 0.25) is 0 Å². The summed E-state index contributed by atoms with van der Waals surface area (Å²) >= 11 is 0. The van der Waals surface area contributed by atoms with Crippen LogP contribution in [0.1, 0.15) is 0 Å². The molecule has 1 rings (SSSR count). The van der Waals surface area contributed by atoms with Gasteiger partial charge in [0.25, 0.3) is 0 Å². The highest BCUT2D eigenvalue weighted by Gasteiger charge is 1.95. The molecule has 1 aromatic carbocycles. The Kier molecular flexibility index (Phi) is 2.79. The fraction of sp³-hybridized carbons (Fsp3) is 0. The van der Waals surface area contributed by atoms with Crippen molar-refractivity contribution in [1.29, 1.82) is 0 Å². The lowest BCUT2D eigenvalue weighted by molar-refractivity contribution is 0.579. The monoisotopic (exact) mass is 172 g/mol. The van der Waals surface area contributed by atoms with Crippen LogP contribution in [-0.2, 0) is 10.5 Å². The molecule has 0 aliphatic rings. The summed E-state index contributed by atoms with van der Waals surface area (Å²) in [4.78, 5) is 0. The quantitative estimate of drug-likeness (QED) is 0.487. The van der Waals surface area contributed by atoms with Gasteiger partial charge in [0, 0.05) is 0 Å². The molecule has 1 aromatic rings. The van der Waals surface area contributed by atoms with Gasteiger partial charge in [0.2, 0.25) is 0 Å². The second-order valence-corrected chi connectivity index (χ2v) is 6.05. The maximum atomic E-state index is 10.3. The summed E-state index contributed by atoms with van der Waals surface area (Å²) in [5.74, 6) is 0. The van der Waals surface area contributed by atoms with Crippen LogP contribution in [0.3, 0.4) is 0 Å². The number of rotatable bonds is 2. The van der Waals surface area contributed by atoms with E-state index in [0.29, 0.717) is 0 Å². The van der Waals surface area contributed by atoms with Gasteiger partial charge in [-0.15, -0.1) is 0 Å². The van der Waals surface area contributed by atoms with Gasteiger partial charge in [0.15, 0.2) is 8.67 Å². The molecule has 1 N–H and O–H groups in total. The van der Waals surface area contributed by atoms with Crippen LogP contribution >= 0.6 is 0 Å². The Labute approximate surface area is 64.0 Å². The van der Waals surface area contributed by atoms with Gasteiger partial charge in [0.05, 0.1) is 0 Å². The van der Waals surface area contributed by atoms with Crippen molar-refractivity contribution in [3.05, 3.63) is 30.3 Å². The zero-order valence-electron chi connectivity index (χ0n) is 5.36. The van der Waals surface area contributed by atoms with Crippen LogP contribution in [0.15, 0.2) is 30.3 Å². The molecule has 0 aliphatic heterocycles. The molecule has 0 radical (unpaired) electrons. The summed E-state index contributed by atoms with van der Waals surface area (Å²) in [6.45, 7) is 0. The Morgan fingerprint density at radius 1 is 1.30 bits per heavy atom. The smallest absolute Gasteiger partial charge is 0.193 e. The van der Waals surface area contributed by atoms with Gasteiger partial charge >= 0.3 is 0 Å². The van der Waals surface area contributed by atoms with E-state index in [1.165, 1.54) is 0 Å². The van der Waals surface area contributed by atoms with Gasteiger partial charge < -0.3 is 4.55 Å². The molecule has 54 valence electrons. The first-order chi connectivity index (χ1) is 4.79. The van der Waals surface area contributed by atoms with Crippen molar-refractivity contribution in [1.82, 2.24) is 0 Å². The molecule has 0 bridgehead atoms. The molecular formula is C6H8O2SSi. The SMILES string of the molecule is O=S(O)[SiH2]c1ccccc1. The Morgan fingerprint density at radius 3 is 2.40 bits per heavy atom. The van der Waals surface area contributed by atoms with Crippen molar-refractivity contribution < 1.29 is 8.76 Å². The minimum Gasteiger partial charge on any atom is -0.312 e. The van der Waals surface area contributed by atoms with E-state index >= 15 is 0 Å². The molecule has 0 aromatic heterocycles. The maximum Gasteiger partial charge on any atom is 0.193 e. The van der Waals surface area contributed by atoms with Crippen LogP contribution in [-0.4, -0.2) is 17.4 Å². The Balaban J connectivity index is 2.67. The lowest BCUT2D eigenvalue weighted by atomic mass is 10.4. The van der Waals surface area contributed by atoms with Crippen LogP contribution in [0, 0.1) is 0 Å². The van der Waals surface area contributed by atoms with Gasteiger partial charge in [-0.25, -0.2) is 4.21 Å². The molecule has 0 saturated carbocycles. The second-order valence-electron chi connectivity index (χ2n) is 1.95. The molecule has 0 fully saturated rings. The summed E-state index contributed by atoms with van der Waals surface area (Å²) in [5, 5.41) is 1.03. The first-order valence-corrected chi connectivity index (χ1v) is 6.62. The number of benzene rings is 1. The van der Waals surface area contributed by atoms with E-state index in [1.54, 1.807) is 0 Å². The lowest BCUT2D eigenvalue weighted by Gasteiger charge is -1.92. The van der Waals surface area contributed by atoms with Gasteiger partial charge in [-0.3, -0.25) is 0 Å². The minimum absolute atomic E-state index is 0.949. The predicted molar refractivity (Wildman–Crippen MR) is 45.4 cm³/mol. The molecule has 1 unspecified atom stereocenters. The highest BCUT2D eigenvalue weighted by molar-refractivity contribution is 8.06. The third kappa shape index (κ3) is 2.43. The van der Waals surface area contributed by atoms with Crippen LogP contribution in [0.5, 0.6) is 0 Å². The van der Waals surface area contributed by atoms with Gasteiger partial charge in [-0.05, 0) is 5.19 Å². The van der Waals surface area contributed by atoms with Crippen molar-refractivity contribution in [2.75, 3.05) is 0 Å². The fourth-order valence-corrected chi connectivity index (χ4v) is 2.90. The van der Waals surface area contributed by atoms with E-state index in [9.17, 15) is 4.21 Å². The van der Waals surface area contributed by atoms with Gasteiger partial charge in [-0.1, -0.05) is 30.3 Å². The second kappa shape index (κ2) is 3.65.